The third-order valence-electron chi connectivity index (χ3n) is 10.1. The highest BCUT2D eigenvalue weighted by Gasteiger charge is 2.89. The maximum absolute atomic E-state index is 14.6. The fourth-order valence-corrected chi connectivity index (χ4v) is 12.6. The highest BCUT2D eigenvalue weighted by molar-refractivity contribution is 6.80. The number of anilines is 2. The van der Waals surface area contributed by atoms with E-state index in [-0.39, 0.29) is 23.6 Å². The Morgan fingerprint density at radius 1 is 0.550 bits per heavy atom. The van der Waals surface area contributed by atoms with Gasteiger partial charge in [0.1, 0.15) is 0 Å². The Morgan fingerprint density at radius 2 is 0.900 bits per heavy atom. The fraction of sp³-hybridized carbons (Fsp3) is 0.312. The average molecular weight is 550 g/mol. The molecule has 0 aromatic heterocycles. The van der Waals surface area contributed by atoms with Crippen LogP contribution >= 0.6 is 0 Å². The first-order valence-electron chi connectivity index (χ1n) is 13.8. The molecule has 0 aliphatic carbocycles. The fourth-order valence-electron chi connectivity index (χ4n) is 9.00. The zero-order chi connectivity index (χ0) is 28.2. The molecule has 3 aromatic rings. The molecule has 2 bridgehead atoms. The van der Waals surface area contributed by atoms with Crippen LogP contribution in [0.25, 0.3) is 0 Å². The standard InChI is InChI=1S/C32H31N3O4Si/c1-33-31(20-14-8-5-9-15-20)23-25(29(38)34(27(23)36)21-16-10-6-11-17-21)32(33,40(2,3)4)26-24(31)28(37)35(30(26)39)22-18-12-7-13-19-22/h5-19,23-26H,1-4H3. The summed E-state index contributed by atoms with van der Waals surface area (Å²) in [5.41, 5.74) is 0.698. The average Bonchev–Trinajstić information content (AvgIpc) is 3.55. The molecule has 4 saturated heterocycles. The van der Waals surface area contributed by atoms with Crippen LogP contribution in [-0.4, -0.2) is 48.8 Å². The first-order valence-corrected chi connectivity index (χ1v) is 17.3. The zero-order valence-corrected chi connectivity index (χ0v) is 23.9. The molecular formula is C32H31N3O4Si. The van der Waals surface area contributed by atoms with E-state index in [1.807, 2.05) is 73.8 Å². The van der Waals surface area contributed by atoms with Crippen LogP contribution in [-0.2, 0) is 24.7 Å². The molecule has 4 aliphatic heterocycles. The third kappa shape index (κ3) is 2.64. The summed E-state index contributed by atoms with van der Waals surface area (Å²) >= 11 is 0. The van der Waals surface area contributed by atoms with Crippen molar-refractivity contribution in [2.24, 2.45) is 23.7 Å². The molecule has 0 N–H and O–H groups in total. The molecule has 7 nitrogen and oxygen atoms in total. The molecule has 4 heterocycles. The topological polar surface area (TPSA) is 78.0 Å². The number of carbonyl (C=O) groups is 4. The second-order valence-corrected chi connectivity index (χ2v) is 17.7. The largest absolute Gasteiger partial charge is 0.290 e. The molecule has 0 radical (unpaired) electrons. The van der Waals surface area contributed by atoms with Crippen LogP contribution in [0.1, 0.15) is 5.56 Å². The van der Waals surface area contributed by atoms with Crippen LogP contribution in [0.5, 0.6) is 0 Å². The van der Waals surface area contributed by atoms with Gasteiger partial charge in [-0.3, -0.25) is 24.1 Å². The lowest BCUT2D eigenvalue weighted by Gasteiger charge is -2.49. The van der Waals surface area contributed by atoms with E-state index in [0.29, 0.717) is 11.4 Å². The van der Waals surface area contributed by atoms with E-state index in [2.05, 4.69) is 24.5 Å². The van der Waals surface area contributed by atoms with Crippen molar-refractivity contribution in [3.8, 4) is 0 Å². The number of rotatable bonds is 4. The summed E-state index contributed by atoms with van der Waals surface area (Å²) in [4.78, 5) is 63.1. The maximum Gasteiger partial charge on any atom is 0.240 e. The van der Waals surface area contributed by atoms with E-state index < -0.39 is 42.4 Å². The lowest BCUT2D eigenvalue weighted by molar-refractivity contribution is -0.131. The van der Waals surface area contributed by atoms with Gasteiger partial charge in [-0.1, -0.05) is 86.4 Å². The quantitative estimate of drug-likeness (QED) is 0.362. The van der Waals surface area contributed by atoms with Gasteiger partial charge in [0, 0.05) is 5.16 Å². The number of hydrogen-bond acceptors (Lipinski definition) is 5. The van der Waals surface area contributed by atoms with Crippen LogP contribution in [0.3, 0.4) is 0 Å². The van der Waals surface area contributed by atoms with Crippen molar-refractivity contribution >= 4 is 43.1 Å². The highest BCUT2D eigenvalue weighted by Crippen LogP contribution is 2.74. The molecule has 7 rings (SSSR count). The summed E-state index contributed by atoms with van der Waals surface area (Å²) in [7, 11) is -0.578. The number of nitrogens with zero attached hydrogens (tertiary/aromatic N) is 3. The monoisotopic (exact) mass is 549 g/mol. The Labute approximate surface area is 234 Å². The molecule has 4 aliphatic rings. The highest BCUT2D eigenvalue weighted by atomic mass is 28.3. The van der Waals surface area contributed by atoms with Gasteiger partial charge in [-0.25, -0.2) is 9.80 Å². The number of amides is 4. The summed E-state index contributed by atoms with van der Waals surface area (Å²) in [6.07, 6.45) is 0. The molecule has 4 unspecified atom stereocenters. The van der Waals surface area contributed by atoms with Gasteiger partial charge < -0.3 is 0 Å². The van der Waals surface area contributed by atoms with Crippen LogP contribution in [0.4, 0.5) is 11.4 Å². The van der Waals surface area contributed by atoms with Gasteiger partial charge in [0.25, 0.3) is 0 Å². The first kappa shape index (κ1) is 25.1. The molecule has 3 aromatic carbocycles. The second-order valence-electron chi connectivity index (χ2n) is 12.4. The maximum atomic E-state index is 14.6. The van der Waals surface area contributed by atoms with Crippen LogP contribution in [0.15, 0.2) is 91.0 Å². The number of benzene rings is 3. The van der Waals surface area contributed by atoms with E-state index >= 15 is 0 Å². The number of fused-ring (bicyclic) bond motifs is 8. The van der Waals surface area contributed by atoms with Crippen molar-refractivity contribution in [3.05, 3.63) is 96.6 Å². The van der Waals surface area contributed by atoms with E-state index in [4.69, 9.17) is 0 Å². The zero-order valence-electron chi connectivity index (χ0n) is 22.9. The Hall–Kier alpha value is -3.88. The molecule has 202 valence electrons. The van der Waals surface area contributed by atoms with Crippen LogP contribution < -0.4 is 9.80 Å². The van der Waals surface area contributed by atoms with Crippen LogP contribution in [0, 0.1) is 23.7 Å². The molecule has 8 heteroatoms. The van der Waals surface area contributed by atoms with Crippen molar-refractivity contribution in [2.45, 2.75) is 30.3 Å². The van der Waals surface area contributed by atoms with Gasteiger partial charge in [-0.15, -0.1) is 0 Å². The van der Waals surface area contributed by atoms with E-state index in [0.717, 1.165) is 5.56 Å². The van der Waals surface area contributed by atoms with Gasteiger partial charge in [0.05, 0.1) is 48.7 Å². The minimum Gasteiger partial charge on any atom is -0.290 e. The Morgan fingerprint density at radius 3 is 1.27 bits per heavy atom. The predicted molar refractivity (Wildman–Crippen MR) is 154 cm³/mol. The lowest BCUT2D eigenvalue weighted by atomic mass is 9.60. The summed E-state index contributed by atoms with van der Waals surface area (Å²) < 4.78 is 0. The van der Waals surface area contributed by atoms with Gasteiger partial charge in [0.2, 0.25) is 23.6 Å². The van der Waals surface area contributed by atoms with Gasteiger partial charge in [0.15, 0.2) is 0 Å². The van der Waals surface area contributed by atoms with Crippen molar-refractivity contribution in [3.63, 3.8) is 0 Å². The number of imide groups is 2. The molecule has 0 saturated carbocycles. The second kappa shape index (κ2) is 8.08. The van der Waals surface area contributed by atoms with Crippen molar-refractivity contribution in [1.29, 1.82) is 0 Å². The van der Waals surface area contributed by atoms with E-state index in [1.54, 1.807) is 24.3 Å². The number of hydrogen-bond donors (Lipinski definition) is 0. The smallest absolute Gasteiger partial charge is 0.240 e. The third-order valence-corrected chi connectivity index (χ3v) is 13.4. The SMILES string of the molecule is CN1C2(c3ccccc3)C3C(=O)N(c4ccccc4)C(=O)C3C1([Si](C)(C)C)C1C(=O)N(c3ccccc3)C(=O)C12. The lowest BCUT2D eigenvalue weighted by Crippen LogP contribution is -2.68. The Bertz CT molecular complexity index is 1490. The molecule has 40 heavy (non-hydrogen) atoms. The Balaban J connectivity index is 1.55. The van der Waals surface area contributed by atoms with Crippen molar-refractivity contribution in [2.75, 3.05) is 16.8 Å². The summed E-state index contributed by atoms with van der Waals surface area (Å²) in [6.45, 7) is 6.49. The van der Waals surface area contributed by atoms with Crippen molar-refractivity contribution < 1.29 is 19.2 Å². The molecule has 0 spiro atoms. The first-order chi connectivity index (χ1) is 19.1. The summed E-state index contributed by atoms with van der Waals surface area (Å²) in [5.74, 6) is -4.23. The normalized spacial score (nSPS) is 33.2. The van der Waals surface area contributed by atoms with Gasteiger partial charge in [-0.05, 0) is 36.9 Å². The number of para-hydroxylation sites is 2. The van der Waals surface area contributed by atoms with Crippen LogP contribution in [0.2, 0.25) is 19.6 Å². The minimum atomic E-state index is -2.52. The van der Waals surface area contributed by atoms with E-state index in [9.17, 15) is 19.2 Å². The summed E-state index contributed by atoms with van der Waals surface area (Å²) in [5, 5.41) is -0.954. The van der Waals surface area contributed by atoms with Gasteiger partial charge in [-0.2, -0.15) is 0 Å². The van der Waals surface area contributed by atoms with E-state index in [1.165, 1.54) is 9.80 Å². The Kier molecular flexibility index (Phi) is 5.07. The molecule has 4 amide bonds. The van der Waals surface area contributed by atoms with Crippen molar-refractivity contribution in [1.82, 2.24) is 4.90 Å². The minimum absolute atomic E-state index is 0.273. The molecular weight excluding hydrogens is 518 g/mol. The molecule has 4 fully saturated rings. The molecule has 4 atom stereocenters. The number of carbonyl (C=O) groups excluding carboxylic acids is 4. The van der Waals surface area contributed by atoms with Gasteiger partial charge >= 0.3 is 0 Å². The summed E-state index contributed by atoms with van der Waals surface area (Å²) in [6, 6.07) is 27.6. The predicted octanol–water partition coefficient (Wildman–Crippen LogP) is 4.07.